The molecule has 0 aliphatic heterocycles. The van der Waals surface area contributed by atoms with Gasteiger partial charge in [-0.3, -0.25) is 19.2 Å². The van der Waals surface area contributed by atoms with E-state index in [9.17, 15) is 38.4 Å². The number of amides is 4. The van der Waals surface area contributed by atoms with Crippen molar-refractivity contribution in [2.75, 3.05) is 28.4 Å². The molecule has 0 spiro atoms. The summed E-state index contributed by atoms with van der Waals surface area (Å²) in [5, 5.41) is 4.61. The Morgan fingerprint density at radius 2 is 0.573 bits per heavy atom. The largest absolute Gasteiger partial charge is 2.00 e. The molecular weight excluding hydrogens is 1460 g/mol. The second kappa shape index (κ2) is 41.4. The summed E-state index contributed by atoms with van der Waals surface area (Å²) in [5.74, 6) is 0. The number of rotatable bonds is 14. The fourth-order valence-electron chi connectivity index (χ4n) is 8.65. The van der Waals surface area contributed by atoms with Gasteiger partial charge < -0.3 is 81.0 Å². The van der Waals surface area contributed by atoms with Crippen LogP contribution in [0, 0.1) is 0 Å². The molecule has 0 bridgehead atoms. The maximum atomic E-state index is 10.7. The zero-order valence-corrected chi connectivity index (χ0v) is 60.2. The van der Waals surface area contributed by atoms with Gasteiger partial charge in [0.15, 0.2) is 0 Å². The van der Waals surface area contributed by atoms with Crippen molar-refractivity contribution in [2.24, 2.45) is 0 Å². The quantitative estimate of drug-likeness (QED) is 0.0446. The molecule has 4 atom stereocenters. The Morgan fingerprint density at radius 3 is 0.896 bits per heavy atom. The molecule has 4 amide bonds. The van der Waals surface area contributed by atoms with E-state index in [4.69, 9.17) is 22.9 Å². The van der Waals surface area contributed by atoms with Gasteiger partial charge in [-0.05, 0) is 120 Å². The van der Waals surface area contributed by atoms with Crippen LogP contribution in [-0.4, -0.2) is 117 Å². The summed E-state index contributed by atoms with van der Waals surface area (Å²) in [6.45, 7) is 0. The first-order chi connectivity index (χ1) is 44.5. The molecule has 8 aromatic carbocycles. The summed E-state index contributed by atoms with van der Waals surface area (Å²) in [5.41, 5.74) is 42.8. The van der Waals surface area contributed by atoms with E-state index in [-0.39, 0.29) is 109 Å². The second-order valence-electron chi connectivity index (χ2n) is 18.5. The normalized spacial score (nSPS) is 10.3. The molecule has 0 fully saturated rings. The molecule has 4 radical (unpaired) electrons. The summed E-state index contributed by atoms with van der Waals surface area (Å²) in [6, 6.07) is 62.3. The average molecular weight is 1510 g/mol. The van der Waals surface area contributed by atoms with Crippen LogP contribution in [0.2, 0.25) is 0 Å². The first-order valence-corrected chi connectivity index (χ1v) is 30.6. The summed E-state index contributed by atoms with van der Waals surface area (Å²) in [6.07, 6.45) is -0.482. The van der Waals surface area contributed by atoms with E-state index in [2.05, 4.69) is 198 Å². The monoisotopic (exact) mass is 1510 g/mol. The third-order valence-corrected chi connectivity index (χ3v) is 15.3. The molecular formula is C64H52N12O12P4V4. The predicted octanol–water partition coefficient (Wildman–Crippen LogP) is 13.6. The standard InChI is InChI=1S/2C28H18N4O2P2.4C2H5NO2.4V/c33-15-35-27-29-14-26(32-27)23-8-7-20-11-19(5-6-21(20)12-23)17-1-3-18(4-2-17)22-9-10-24-25(13-22)31-28(30-24)36-16-34;33-15-35-27-29-14-26(32-27)18-3-1-17(2-4-18)19-5-6-21-12-22(8-7-20(21)11-19)23-9-10-24-25(13-23)31-28(30-24)36-16-34;4*1-5-2(3)4;;;;/h2*1-14,35-36H,(H,29,32)(H,30,31);4*1H3,(H2,3,4);;;;/q2*-2;;;;;4*+2/p-4. The molecule has 0 aliphatic carbocycles. The maximum absolute atomic E-state index is 10.7. The SMILES string of the molecule is COC([NH-])=O.COC([NH-])=O.COC([NH-])=O.COC([NH-])=O.O=[C-]Pc1ncc(-c2ccc(-c3ccc4cc(-c5ccc6nc(P[C-]=O)[nH]c6c5)ccc4c3)cc2)[nH]1.O=[C-]Pc1ncc(-c2ccc3cc(-c4ccc(-c5ccc6nc(P[C-]=O)[nH]c6c5)cc4)ccc3c2)[nH]1.[V+2].[V+2].[V+2].[V+2]. The molecule has 4 unspecified atom stereocenters. The van der Waals surface area contributed by atoms with E-state index >= 15 is 0 Å². The molecule has 32 heteroatoms. The topological polar surface area (TPSA) is 383 Å². The van der Waals surface area contributed by atoms with Crippen molar-refractivity contribution < 1.29 is 132 Å². The van der Waals surface area contributed by atoms with Crippen LogP contribution in [0.1, 0.15) is 0 Å². The van der Waals surface area contributed by atoms with E-state index in [0.29, 0.717) is 22.3 Å². The van der Waals surface area contributed by atoms with Crippen LogP contribution in [0.4, 0.5) is 19.2 Å². The van der Waals surface area contributed by atoms with Crippen molar-refractivity contribution in [3.8, 4) is 67.0 Å². The van der Waals surface area contributed by atoms with Crippen LogP contribution in [0.3, 0.4) is 0 Å². The smallest absolute Gasteiger partial charge is 0.632 e. The number of aromatic nitrogens is 8. The van der Waals surface area contributed by atoms with Crippen molar-refractivity contribution >= 4 is 149 Å². The minimum Gasteiger partial charge on any atom is -0.632 e. The second-order valence-corrected chi connectivity index (χ2v) is 22.2. The Kier molecular flexibility index (Phi) is 35.3. The van der Waals surface area contributed by atoms with Crippen LogP contribution in [0.15, 0.2) is 170 Å². The molecule has 8 N–H and O–H groups in total. The predicted molar refractivity (Wildman–Crippen MR) is 366 cm³/mol. The molecule has 96 heavy (non-hydrogen) atoms. The Labute approximate surface area is 603 Å². The van der Waals surface area contributed by atoms with E-state index in [1.807, 2.05) is 42.3 Å². The van der Waals surface area contributed by atoms with Crippen LogP contribution >= 0.6 is 34.3 Å². The summed E-state index contributed by atoms with van der Waals surface area (Å²) >= 11 is 0. The van der Waals surface area contributed by atoms with Crippen molar-refractivity contribution in [2.45, 2.75) is 0 Å². The maximum Gasteiger partial charge on any atom is 2.00 e. The number of benzene rings is 8. The number of hydrogen-bond donors (Lipinski definition) is 4. The first-order valence-electron chi connectivity index (χ1n) is 26.6. The van der Waals surface area contributed by atoms with Gasteiger partial charge in [0.25, 0.3) is 0 Å². The molecule has 4 heterocycles. The van der Waals surface area contributed by atoms with Gasteiger partial charge in [-0.25, -0.2) is 44.0 Å². The van der Waals surface area contributed by atoms with E-state index in [1.54, 1.807) is 12.4 Å². The number of fused-ring (bicyclic) bond motifs is 4. The van der Waals surface area contributed by atoms with Gasteiger partial charge in [-0.15, -0.1) is 0 Å². The molecule has 0 saturated carbocycles. The van der Waals surface area contributed by atoms with Gasteiger partial charge in [-0.2, -0.15) is 34.3 Å². The van der Waals surface area contributed by atoms with Gasteiger partial charge in [0.1, 0.15) is 0 Å². The number of nitrogens with one attached hydrogen (secondary N) is 8. The van der Waals surface area contributed by atoms with Gasteiger partial charge in [0.05, 0.1) is 96.5 Å². The molecule has 24 nitrogen and oxygen atoms in total. The number of carbonyl (C=O) groups is 4. The van der Waals surface area contributed by atoms with E-state index in [1.165, 1.54) is 0 Å². The number of imidazole rings is 4. The fourth-order valence-corrected chi connectivity index (χ4v) is 10.4. The molecule has 480 valence electrons. The van der Waals surface area contributed by atoms with Crippen LogP contribution in [-0.2, 0) is 112 Å². The minimum atomic E-state index is -0.995. The zero-order valence-electron chi connectivity index (χ0n) is 50.6. The number of nitrogens with zero attached hydrogens (tertiary/aromatic N) is 4. The van der Waals surface area contributed by atoms with Gasteiger partial charge in [0.2, 0.25) is 24.4 Å². The van der Waals surface area contributed by atoms with Crippen molar-refractivity contribution in [1.82, 2.24) is 39.9 Å². The summed E-state index contributed by atoms with van der Waals surface area (Å²) in [7, 11) is 4.30. The molecule has 4 aromatic heterocycles. The van der Waals surface area contributed by atoms with Crippen LogP contribution in [0.5, 0.6) is 0 Å². The van der Waals surface area contributed by atoms with Crippen LogP contribution in [0.25, 0.3) is 134 Å². The number of aromatic amines is 4. The van der Waals surface area contributed by atoms with Gasteiger partial charge >= 0.3 is 74.2 Å². The Morgan fingerprint density at radius 1 is 0.333 bits per heavy atom. The minimum absolute atomic E-state index is 0. The number of carbonyl (C=O) groups excluding carboxylic acids is 8. The number of methoxy groups -OCH3 is 4. The Hall–Kier alpha value is -8.54. The van der Waals surface area contributed by atoms with Crippen molar-refractivity contribution in [1.29, 1.82) is 0 Å². The Bertz CT molecular complexity index is 4520. The van der Waals surface area contributed by atoms with E-state index in [0.717, 1.165) is 139 Å². The van der Waals surface area contributed by atoms with E-state index < -0.39 is 24.4 Å². The molecule has 12 aromatic rings. The number of hydrogen-bond acceptors (Lipinski definition) is 16. The zero-order chi connectivity index (χ0) is 66.1. The molecule has 12 rings (SSSR count). The number of H-pyrrole nitrogens is 4. The summed E-state index contributed by atoms with van der Waals surface area (Å²) in [4.78, 5) is 110. The van der Waals surface area contributed by atoms with Gasteiger partial charge in [0, 0.05) is 5.56 Å². The Balaban J connectivity index is 0.000000378. The van der Waals surface area contributed by atoms with Crippen molar-refractivity contribution in [3.05, 3.63) is 193 Å². The number of ether oxygens (including phenoxy) is 4. The van der Waals surface area contributed by atoms with Gasteiger partial charge in [-0.1, -0.05) is 109 Å². The van der Waals surface area contributed by atoms with Crippen molar-refractivity contribution in [3.63, 3.8) is 0 Å². The third kappa shape index (κ3) is 24.0. The molecule has 0 saturated heterocycles. The first kappa shape index (κ1) is 81.7. The summed E-state index contributed by atoms with van der Waals surface area (Å²) < 4.78 is 15.1. The third-order valence-electron chi connectivity index (χ3n) is 12.9. The fraction of sp³-hybridized carbons (Fsp3) is 0.0625. The molecule has 0 aliphatic rings. The van der Waals surface area contributed by atoms with Crippen LogP contribution < -0.4 is 22.3 Å². The average Bonchev–Trinajstić information content (AvgIpc) is 1.69.